The summed E-state index contributed by atoms with van der Waals surface area (Å²) in [7, 11) is 0. The lowest BCUT2D eigenvalue weighted by Crippen LogP contribution is -2.37. The zero-order valence-corrected chi connectivity index (χ0v) is 16.4. The summed E-state index contributed by atoms with van der Waals surface area (Å²) in [6.07, 6.45) is 17.2. The van der Waals surface area contributed by atoms with E-state index in [0.29, 0.717) is 0 Å². The van der Waals surface area contributed by atoms with Gasteiger partial charge in [0.05, 0.1) is 5.56 Å². The van der Waals surface area contributed by atoms with Gasteiger partial charge in [0, 0.05) is 23.5 Å². The van der Waals surface area contributed by atoms with E-state index < -0.39 is 0 Å². The largest absolute Gasteiger partial charge is 0.216 e. The van der Waals surface area contributed by atoms with Gasteiger partial charge in [0.1, 0.15) is 6.54 Å². The van der Waals surface area contributed by atoms with E-state index in [9.17, 15) is 0 Å². The lowest BCUT2D eigenvalue weighted by Gasteiger charge is -2.32. The van der Waals surface area contributed by atoms with Crippen LogP contribution in [0.25, 0.3) is 17.3 Å². The number of fused-ring (bicyclic) bond motifs is 6. The highest BCUT2D eigenvalue weighted by atomic mass is 15.0. The summed E-state index contributed by atoms with van der Waals surface area (Å²) >= 11 is 0. The molecule has 2 heterocycles. The predicted molar refractivity (Wildman–Crippen MR) is 110 cm³/mol. The van der Waals surface area contributed by atoms with Crippen LogP contribution >= 0.6 is 0 Å². The van der Waals surface area contributed by atoms with Crippen molar-refractivity contribution in [2.45, 2.75) is 64.8 Å². The Morgan fingerprint density at radius 3 is 2.77 bits per heavy atom. The lowest BCUT2D eigenvalue weighted by molar-refractivity contribution is -0.687. The van der Waals surface area contributed by atoms with Crippen LogP contribution in [0.4, 0.5) is 0 Å². The molecule has 1 nitrogen and oxygen atoms in total. The van der Waals surface area contributed by atoms with E-state index in [1.54, 1.807) is 5.56 Å². The molecule has 1 heteroatoms. The van der Waals surface area contributed by atoms with E-state index in [1.807, 2.05) is 0 Å². The maximum Gasteiger partial charge on any atom is 0.216 e. The van der Waals surface area contributed by atoms with Gasteiger partial charge < -0.3 is 0 Å². The van der Waals surface area contributed by atoms with Crippen molar-refractivity contribution in [3.8, 4) is 11.3 Å². The first-order valence-electron chi connectivity index (χ1n) is 10.2. The molecule has 0 fully saturated rings. The molecule has 0 saturated carbocycles. The van der Waals surface area contributed by atoms with Crippen molar-refractivity contribution >= 4 is 6.08 Å². The minimum Gasteiger partial charge on any atom is -0.198 e. The Kier molecular flexibility index (Phi) is 4.56. The lowest BCUT2D eigenvalue weighted by atomic mass is 9.70. The molecule has 0 radical (unpaired) electrons. The summed E-state index contributed by atoms with van der Waals surface area (Å²) < 4.78 is 2.49. The number of rotatable bonds is 2. The molecule has 0 saturated heterocycles. The SMILES string of the molecule is CCC1(CC)CC[n+]2cccc(C)c2-c2c3cc(cc21)CCC=CC=C3. The van der Waals surface area contributed by atoms with Crippen molar-refractivity contribution < 1.29 is 4.57 Å². The van der Waals surface area contributed by atoms with Crippen LogP contribution in [0.3, 0.4) is 0 Å². The Balaban J connectivity index is 2.10. The minimum absolute atomic E-state index is 0.272. The molecule has 1 aliphatic heterocycles. The van der Waals surface area contributed by atoms with Crippen molar-refractivity contribution in [2.75, 3.05) is 0 Å². The van der Waals surface area contributed by atoms with Gasteiger partial charge >= 0.3 is 0 Å². The topological polar surface area (TPSA) is 3.88 Å². The monoisotopic (exact) mass is 344 g/mol. The number of allylic oxidation sites excluding steroid dienone is 3. The fraction of sp³-hybridized carbons (Fsp3) is 0.400. The molecule has 2 aromatic rings. The summed E-state index contributed by atoms with van der Waals surface area (Å²) in [5.74, 6) is 0. The van der Waals surface area contributed by atoms with Crippen LogP contribution in [0, 0.1) is 6.92 Å². The summed E-state index contributed by atoms with van der Waals surface area (Å²) in [5.41, 5.74) is 9.00. The highest BCUT2D eigenvalue weighted by Gasteiger charge is 2.38. The highest BCUT2D eigenvalue weighted by Crippen LogP contribution is 2.45. The molecule has 134 valence electrons. The zero-order chi connectivity index (χ0) is 18.1. The molecule has 0 unspecified atom stereocenters. The Labute approximate surface area is 158 Å². The van der Waals surface area contributed by atoms with Crippen molar-refractivity contribution in [2.24, 2.45) is 0 Å². The van der Waals surface area contributed by atoms with Gasteiger partial charge in [0.15, 0.2) is 6.20 Å². The van der Waals surface area contributed by atoms with Gasteiger partial charge in [-0.25, -0.2) is 0 Å². The number of pyridine rings is 1. The third kappa shape index (κ3) is 2.74. The van der Waals surface area contributed by atoms with Crippen LogP contribution in [-0.4, -0.2) is 0 Å². The maximum atomic E-state index is 2.54. The van der Waals surface area contributed by atoms with Crippen molar-refractivity contribution in [1.82, 2.24) is 0 Å². The summed E-state index contributed by atoms with van der Waals surface area (Å²) in [4.78, 5) is 0. The Hall–Kier alpha value is -2.15. The predicted octanol–water partition coefficient (Wildman–Crippen LogP) is 5.93. The second-order valence-corrected chi connectivity index (χ2v) is 7.90. The van der Waals surface area contributed by atoms with Crippen molar-refractivity contribution in [3.05, 3.63) is 70.9 Å². The molecule has 2 aliphatic rings. The number of aryl methyl sites for hydroxylation is 3. The molecule has 2 bridgehead atoms. The molecule has 0 N–H and O–H groups in total. The van der Waals surface area contributed by atoms with Crippen LogP contribution < -0.4 is 4.57 Å². The van der Waals surface area contributed by atoms with E-state index in [2.05, 4.69) is 80.1 Å². The van der Waals surface area contributed by atoms with Gasteiger partial charge in [-0.1, -0.05) is 50.3 Å². The third-order valence-electron chi connectivity index (χ3n) is 6.62. The quantitative estimate of drug-likeness (QED) is 0.595. The normalized spacial score (nSPS) is 17.5. The smallest absolute Gasteiger partial charge is 0.198 e. The van der Waals surface area contributed by atoms with Crippen molar-refractivity contribution in [1.29, 1.82) is 0 Å². The summed E-state index contributed by atoms with van der Waals surface area (Å²) in [6.45, 7) is 8.12. The molecule has 0 spiro atoms. The summed E-state index contributed by atoms with van der Waals surface area (Å²) in [6, 6.07) is 9.44. The zero-order valence-electron chi connectivity index (χ0n) is 16.4. The molecular weight excluding hydrogens is 314 g/mol. The first-order chi connectivity index (χ1) is 12.7. The number of hydrogen-bond acceptors (Lipinski definition) is 0. The fourth-order valence-corrected chi connectivity index (χ4v) is 4.92. The Morgan fingerprint density at radius 1 is 1.12 bits per heavy atom. The molecule has 0 atom stereocenters. The van der Waals surface area contributed by atoms with E-state index in [-0.39, 0.29) is 5.41 Å². The van der Waals surface area contributed by atoms with Gasteiger partial charge in [-0.3, -0.25) is 0 Å². The van der Waals surface area contributed by atoms with Crippen molar-refractivity contribution in [3.63, 3.8) is 0 Å². The number of aromatic nitrogens is 1. The number of hydrogen-bond donors (Lipinski definition) is 0. The van der Waals surface area contributed by atoms with E-state index >= 15 is 0 Å². The van der Waals surface area contributed by atoms with Gasteiger partial charge in [-0.05, 0) is 55.4 Å². The highest BCUT2D eigenvalue weighted by molar-refractivity contribution is 5.78. The van der Waals surface area contributed by atoms with Gasteiger partial charge in [0.2, 0.25) is 5.69 Å². The minimum atomic E-state index is 0.272. The average Bonchev–Trinajstić information content (AvgIpc) is 2.72. The Bertz CT molecular complexity index is 881. The van der Waals surface area contributed by atoms with E-state index in [4.69, 9.17) is 0 Å². The first-order valence-corrected chi connectivity index (χ1v) is 10.2. The molecule has 0 amide bonds. The maximum absolute atomic E-state index is 2.54. The number of nitrogens with zero attached hydrogens (tertiary/aromatic N) is 1. The molecule has 1 aliphatic carbocycles. The average molecular weight is 345 g/mol. The molecule has 1 aromatic carbocycles. The van der Waals surface area contributed by atoms with Crippen LogP contribution in [-0.2, 0) is 18.4 Å². The Morgan fingerprint density at radius 2 is 1.96 bits per heavy atom. The second-order valence-electron chi connectivity index (χ2n) is 7.90. The van der Waals surface area contributed by atoms with E-state index in [0.717, 1.165) is 19.4 Å². The summed E-state index contributed by atoms with van der Waals surface area (Å²) in [5, 5.41) is 0. The van der Waals surface area contributed by atoms with Crippen LogP contribution in [0.2, 0.25) is 0 Å². The van der Waals surface area contributed by atoms with Crippen LogP contribution in [0.5, 0.6) is 0 Å². The second kappa shape index (κ2) is 6.87. The van der Waals surface area contributed by atoms with Gasteiger partial charge in [0.25, 0.3) is 0 Å². The molecule has 26 heavy (non-hydrogen) atoms. The van der Waals surface area contributed by atoms with Crippen LogP contribution in [0.1, 0.15) is 61.8 Å². The van der Waals surface area contributed by atoms with Crippen LogP contribution in [0.15, 0.2) is 48.7 Å². The third-order valence-corrected chi connectivity index (χ3v) is 6.62. The fourth-order valence-electron chi connectivity index (χ4n) is 4.92. The van der Waals surface area contributed by atoms with Gasteiger partial charge in [-0.2, -0.15) is 4.57 Å². The van der Waals surface area contributed by atoms with E-state index in [1.165, 1.54) is 47.2 Å². The standard InChI is InChI=1S/C25H30N/c1-4-25(5-2)14-16-26-15-10-11-19(3)24(26)23-21-13-9-7-6-8-12-20(17-21)18-22(23)25/h6-7,9-11,13,15,17-18H,4-5,8,12,14,16H2,1-3H3/q+1. The molecular formula is C25H30N+. The number of benzene rings is 1. The van der Waals surface area contributed by atoms with Gasteiger partial charge in [-0.15, -0.1) is 0 Å². The molecule has 4 rings (SSSR count). The molecule has 1 aromatic heterocycles. The first kappa shape index (κ1) is 17.3.